The normalized spacial score (nSPS) is 22.2. The van der Waals surface area contributed by atoms with Crippen LogP contribution in [0.25, 0.3) is 0 Å². The lowest BCUT2D eigenvalue weighted by atomic mass is 9.97. The number of aromatic amines is 1. The third-order valence-corrected chi connectivity index (χ3v) is 3.03. The van der Waals surface area contributed by atoms with Crippen molar-refractivity contribution < 1.29 is 9.53 Å². The van der Waals surface area contributed by atoms with Gasteiger partial charge in [-0.05, 0) is 26.3 Å². The molecule has 4 heteroatoms. The number of carbonyl (C=O) groups is 1. The molecule has 19 heavy (non-hydrogen) atoms. The predicted octanol–water partition coefficient (Wildman–Crippen LogP) is 2.54. The van der Waals surface area contributed by atoms with Crippen LogP contribution in [0.5, 0.6) is 5.75 Å². The van der Waals surface area contributed by atoms with Gasteiger partial charge >= 0.3 is 0 Å². The lowest BCUT2D eigenvalue weighted by molar-refractivity contribution is 0.0754. The van der Waals surface area contributed by atoms with Crippen LogP contribution in [0.15, 0.2) is 35.2 Å². The van der Waals surface area contributed by atoms with Gasteiger partial charge in [-0.25, -0.2) is 0 Å². The Morgan fingerprint density at radius 2 is 2.11 bits per heavy atom. The molecule has 2 heterocycles. The molecule has 0 bridgehead atoms. The molecule has 1 N–H and O–H groups in total. The number of hydrogen-bond donors (Lipinski definition) is 1. The van der Waals surface area contributed by atoms with Crippen molar-refractivity contribution in [3.8, 4) is 5.75 Å². The number of hydrogen-bond acceptors (Lipinski definition) is 3. The van der Waals surface area contributed by atoms with Crippen LogP contribution in [0.1, 0.15) is 36.3 Å². The zero-order chi connectivity index (χ0) is 14.0. The van der Waals surface area contributed by atoms with Crippen molar-refractivity contribution in [2.24, 2.45) is 0 Å². The minimum Gasteiger partial charge on any atom is -0.474 e. The van der Waals surface area contributed by atoms with Crippen LogP contribution in [0.3, 0.4) is 0 Å². The van der Waals surface area contributed by atoms with Gasteiger partial charge in [-0.1, -0.05) is 25.2 Å². The van der Waals surface area contributed by atoms with Crippen LogP contribution in [0, 0.1) is 6.92 Å². The topological polar surface area (TPSA) is 59.2 Å². The van der Waals surface area contributed by atoms with E-state index in [1.165, 1.54) is 0 Å². The van der Waals surface area contributed by atoms with Crippen molar-refractivity contribution in [1.82, 2.24) is 4.98 Å². The lowest BCUT2D eigenvalue weighted by Gasteiger charge is -2.17. The standard InChI is InChI=1S/C15H17NO3/c1-4-5-6-7-8-15(3)13(17)12-11(19-15)9-10(2)16-14(12)18/h5-9H,4H2,1-3H3,(H,16,18)/t15-/m1/s1. The molecular formula is C15H17NO3. The van der Waals surface area contributed by atoms with Crippen molar-refractivity contribution in [2.75, 3.05) is 0 Å². The van der Waals surface area contributed by atoms with E-state index in [1.807, 2.05) is 19.1 Å². The molecule has 0 amide bonds. The van der Waals surface area contributed by atoms with E-state index >= 15 is 0 Å². The molecule has 1 aromatic heterocycles. The minimum atomic E-state index is -1.10. The van der Waals surface area contributed by atoms with Gasteiger partial charge < -0.3 is 9.72 Å². The van der Waals surface area contributed by atoms with E-state index in [4.69, 9.17) is 4.74 Å². The van der Waals surface area contributed by atoms with E-state index < -0.39 is 5.60 Å². The first kappa shape index (κ1) is 13.3. The van der Waals surface area contributed by atoms with Gasteiger partial charge in [0.25, 0.3) is 5.56 Å². The second kappa shape index (κ2) is 4.88. The van der Waals surface area contributed by atoms with E-state index in [9.17, 15) is 9.59 Å². The number of carbonyl (C=O) groups excluding carboxylic acids is 1. The lowest BCUT2D eigenvalue weighted by Crippen LogP contribution is -2.35. The number of ketones is 1. The van der Waals surface area contributed by atoms with Gasteiger partial charge in [-0.3, -0.25) is 9.59 Å². The number of ether oxygens (including phenoxy) is 1. The molecule has 1 aromatic rings. The molecule has 0 unspecified atom stereocenters. The summed E-state index contributed by atoms with van der Waals surface area (Å²) in [5.41, 5.74) is -0.699. The van der Waals surface area contributed by atoms with Crippen molar-refractivity contribution >= 4 is 5.78 Å². The van der Waals surface area contributed by atoms with Crippen molar-refractivity contribution in [3.05, 3.63) is 52.0 Å². The number of rotatable bonds is 3. The summed E-state index contributed by atoms with van der Waals surface area (Å²) < 4.78 is 5.66. The first-order chi connectivity index (χ1) is 8.98. The summed E-state index contributed by atoms with van der Waals surface area (Å²) in [4.78, 5) is 26.7. The molecule has 4 nitrogen and oxygen atoms in total. The average Bonchev–Trinajstić information content (AvgIpc) is 2.57. The Balaban J connectivity index is 2.37. The summed E-state index contributed by atoms with van der Waals surface area (Å²) in [6, 6.07) is 1.68. The molecule has 1 aliphatic heterocycles. The number of aryl methyl sites for hydroxylation is 1. The quantitative estimate of drug-likeness (QED) is 0.849. The van der Waals surface area contributed by atoms with E-state index in [0.717, 1.165) is 6.42 Å². The highest BCUT2D eigenvalue weighted by atomic mass is 16.5. The van der Waals surface area contributed by atoms with Gasteiger partial charge in [-0.15, -0.1) is 0 Å². The van der Waals surface area contributed by atoms with Crippen molar-refractivity contribution in [1.29, 1.82) is 0 Å². The van der Waals surface area contributed by atoms with Crippen LogP contribution in [0.2, 0.25) is 0 Å². The molecule has 0 aromatic carbocycles. The maximum atomic E-state index is 12.3. The molecule has 0 spiro atoms. The number of fused-ring (bicyclic) bond motifs is 1. The van der Waals surface area contributed by atoms with E-state index in [1.54, 1.807) is 32.1 Å². The van der Waals surface area contributed by atoms with Gasteiger partial charge in [0.2, 0.25) is 5.78 Å². The zero-order valence-electron chi connectivity index (χ0n) is 11.3. The molecule has 0 radical (unpaired) electrons. The maximum absolute atomic E-state index is 12.3. The highest BCUT2D eigenvalue weighted by Crippen LogP contribution is 2.33. The first-order valence-electron chi connectivity index (χ1n) is 6.30. The fourth-order valence-electron chi connectivity index (χ4n) is 2.04. The second-order valence-corrected chi connectivity index (χ2v) is 4.75. The van der Waals surface area contributed by atoms with Crippen LogP contribution < -0.4 is 10.3 Å². The summed E-state index contributed by atoms with van der Waals surface area (Å²) >= 11 is 0. The number of aromatic nitrogens is 1. The van der Waals surface area contributed by atoms with Gasteiger partial charge in [-0.2, -0.15) is 0 Å². The molecule has 0 fully saturated rings. The molecule has 2 rings (SSSR count). The number of pyridine rings is 1. The van der Waals surface area contributed by atoms with Crippen LogP contribution in [0.4, 0.5) is 0 Å². The Kier molecular flexibility index (Phi) is 3.42. The Labute approximate surface area is 111 Å². The van der Waals surface area contributed by atoms with Gasteiger partial charge in [0.1, 0.15) is 11.3 Å². The zero-order valence-corrected chi connectivity index (χ0v) is 11.3. The average molecular weight is 259 g/mol. The number of Topliss-reactive ketones (excluding diaryl/α,β-unsaturated/α-hetero) is 1. The minimum absolute atomic E-state index is 0.109. The Morgan fingerprint density at radius 3 is 2.79 bits per heavy atom. The highest BCUT2D eigenvalue weighted by Gasteiger charge is 2.43. The summed E-state index contributed by atoms with van der Waals surface area (Å²) in [6.45, 7) is 5.45. The number of allylic oxidation sites excluding steroid dienone is 3. The Bertz CT molecular complexity index is 625. The smallest absolute Gasteiger partial charge is 0.263 e. The van der Waals surface area contributed by atoms with Crippen molar-refractivity contribution in [2.45, 2.75) is 32.8 Å². The monoisotopic (exact) mass is 259 g/mol. The molecule has 0 saturated carbocycles. The SMILES string of the molecule is CCC=CC=C[C@@]1(C)Oc2cc(C)[nH]c(=O)c2C1=O. The summed E-state index contributed by atoms with van der Waals surface area (Å²) in [6.07, 6.45) is 8.21. The van der Waals surface area contributed by atoms with E-state index in [2.05, 4.69) is 4.98 Å². The predicted molar refractivity (Wildman–Crippen MR) is 73.7 cm³/mol. The van der Waals surface area contributed by atoms with Gasteiger partial charge in [0.05, 0.1) is 0 Å². The summed E-state index contributed by atoms with van der Waals surface area (Å²) in [7, 11) is 0. The highest BCUT2D eigenvalue weighted by molar-refractivity contribution is 6.08. The molecule has 0 aliphatic carbocycles. The molecule has 1 atom stereocenters. The van der Waals surface area contributed by atoms with Crippen molar-refractivity contribution in [3.63, 3.8) is 0 Å². The Morgan fingerprint density at radius 1 is 1.37 bits per heavy atom. The Hall–Kier alpha value is -2.10. The second-order valence-electron chi connectivity index (χ2n) is 4.75. The first-order valence-corrected chi connectivity index (χ1v) is 6.30. The van der Waals surface area contributed by atoms with E-state index in [-0.39, 0.29) is 16.9 Å². The summed E-state index contributed by atoms with van der Waals surface area (Å²) in [5.74, 6) is 0.0581. The molecular weight excluding hydrogens is 242 g/mol. The van der Waals surface area contributed by atoms with Crippen LogP contribution in [-0.2, 0) is 0 Å². The third-order valence-electron chi connectivity index (χ3n) is 3.03. The third kappa shape index (κ3) is 2.38. The van der Waals surface area contributed by atoms with Gasteiger partial charge in [0.15, 0.2) is 5.60 Å². The molecule has 1 aliphatic rings. The fraction of sp³-hybridized carbons (Fsp3) is 0.333. The van der Waals surface area contributed by atoms with E-state index in [0.29, 0.717) is 11.4 Å². The van der Waals surface area contributed by atoms with Crippen LogP contribution >= 0.6 is 0 Å². The summed E-state index contributed by atoms with van der Waals surface area (Å²) in [5, 5.41) is 0. The maximum Gasteiger partial charge on any atom is 0.263 e. The number of nitrogens with one attached hydrogen (secondary N) is 1. The van der Waals surface area contributed by atoms with Gasteiger partial charge in [0, 0.05) is 11.8 Å². The molecule has 100 valence electrons. The molecule has 0 saturated heterocycles. The number of H-pyrrole nitrogens is 1. The largest absolute Gasteiger partial charge is 0.474 e. The fourth-order valence-corrected chi connectivity index (χ4v) is 2.04. The van der Waals surface area contributed by atoms with Crippen LogP contribution in [-0.4, -0.2) is 16.4 Å².